The van der Waals surface area contributed by atoms with Crippen molar-refractivity contribution in [2.45, 2.75) is 0 Å². The molecule has 0 atom stereocenters. The minimum Gasteiger partial charge on any atom is -0.507 e. The van der Waals surface area contributed by atoms with Crippen molar-refractivity contribution in [2.24, 2.45) is 0 Å². The van der Waals surface area contributed by atoms with Crippen LogP contribution in [0.5, 0.6) is 0 Å². The molecule has 433 valence electrons. The van der Waals surface area contributed by atoms with E-state index < -0.39 is 0 Å². The molecule has 0 fully saturated rings. The van der Waals surface area contributed by atoms with Gasteiger partial charge in [-0.15, -0.1) is 0 Å². The van der Waals surface area contributed by atoms with Crippen molar-refractivity contribution in [1.82, 2.24) is 9.97 Å². The number of aliphatic hydroxyl groups is 3. The summed E-state index contributed by atoms with van der Waals surface area (Å²) in [5, 5.41) is 46.0. The first-order valence-electron chi connectivity index (χ1n) is 28.9. The van der Waals surface area contributed by atoms with Gasteiger partial charge in [-0.25, -0.2) is 0 Å². The molecule has 0 saturated carbocycles. The predicted molar refractivity (Wildman–Crippen MR) is 366 cm³/mol. The van der Waals surface area contributed by atoms with Gasteiger partial charge in [-0.3, -0.25) is 24.4 Å². The molecule has 1 radical (unpaired) electrons. The maximum Gasteiger partial charge on any atom is 0.189 e. The smallest absolute Gasteiger partial charge is 0.189 e. The molecule has 15 aromatic rings. The fourth-order valence-corrected chi connectivity index (χ4v) is 10.6. The second kappa shape index (κ2) is 28.5. The van der Waals surface area contributed by atoms with E-state index in [-0.39, 0.29) is 84.0 Å². The van der Waals surface area contributed by atoms with E-state index in [2.05, 4.69) is 34.2 Å². The van der Waals surface area contributed by atoms with E-state index in [1.165, 1.54) is 18.2 Å². The number of carbonyl (C=O) groups excluding carboxylic acids is 3. The van der Waals surface area contributed by atoms with Crippen LogP contribution >= 0.6 is 0 Å². The van der Waals surface area contributed by atoms with Crippen molar-refractivity contribution in [3.63, 3.8) is 0 Å². The number of ketones is 3. The predicted octanol–water partition coefficient (Wildman–Crippen LogP) is 20.1. The quantitative estimate of drug-likeness (QED) is 0.0562. The van der Waals surface area contributed by atoms with Gasteiger partial charge in [0.05, 0.1) is 11.0 Å². The van der Waals surface area contributed by atoms with E-state index in [0.29, 0.717) is 33.4 Å². The Labute approximate surface area is 560 Å². The van der Waals surface area contributed by atoms with Gasteiger partial charge >= 0.3 is 0 Å². The van der Waals surface area contributed by atoms with Crippen LogP contribution in [0.1, 0.15) is 47.8 Å². The Balaban J connectivity index is 0.000000125. The van der Waals surface area contributed by atoms with Gasteiger partial charge in [-0.1, -0.05) is 243 Å². The largest absolute Gasteiger partial charge is 0.507 e. The number of fused-ring (bicyclic) bond motifs is 9. The number of rotatable bonds is 9. The summed E-state index contributed by atoms with van der Waals surface area (Å²) in [4.78, 5) is 46.2. The number of nitrogens with zero attached hydrogens (tertiary/aromatic N) is 2. The molecule has 0 unspecified atom stereocenters. The summed E-state index contributed by atoms with van der Waals surface area (Å²) in [6.45, 7) is 0. The van der Waals surface area contributed by atoms with Crippen LogP contribution in [-0.2, 0) is 0 Å². The molecule has 3 N–H and O–H groups in total. The summed E-state index contributed by atoms with van der Waals surface area (Å²) in [6.07, 6.45) is 7.46. The molecule has 9 heteroatoms. The SMILES string of the molecule is O=C(C=C(O)c1ccc2ccccc2c1)c1ccc2ccccc2c1.O=C(C=C(O)c1ccc2ccccc2c1)c1ccc2ccccc2c1.O=C(C=C(O)c1ccc2ccccc2c1)c1ccc2ccccc2c1.[Eu].c1cnc2c(c1)ccc1cccnc12. The van der Waals surface area contributed by atoms with Crippen molar-refractivity contribution in [2.75, 3.05) is 0 Å². The molecule has 2 heterocycles. The summed E-state index contributed by atoms with van der Waals surface area (Å²) in [6, 6.07) is 93.2. The minimum atomic E-state index is -0.212. The first-order chi connectivity index (χ1) is 43.6. The van der Waals surface area contributed by atoms with Crippen LogP contribution in [0.3, 0.4) is 0 Å². The molecule has 0 aliphatic carbocycles. The molecule has 15 rings (SSSR count). The van der Waals surface area contributed by atoms with Crippen molar-refractivity contribution < 1.29 is 79.1 Å². The Bertz CT molecular complexity index is 4800. The maximum absolute atomic E-state index is 12.5. The topological polar surface area (TPSA) is 138 Å². The van der Waals surface area contributed by atoms with Crippen LogP contribution in [0, 0.1) is 49.4 Å². The molecule has 0 bridgehead atoms. The van der Waals surface area contributed by atoms with E-state index in [9.17, 15) is 29.7 Å². The number of aromatic nitrogens is 2. The molecule has 90 heavy (non-hydrogen) atoms. The standard InChI is InChI=1S/3C23H16O2.C12H8N2.Eu/c3*24-22(20-11-9-16-5-1-3-7-18(16)13-20)15-23(25)21-12-10-17-6-2-4-8-19(17)14-21;1-3-9-5-6-10-4-2-8-14-12(10)11(9)13-7-1;/h3*1-15,24H;1-8H;. The van der Waals surface area contributed by atoms with Crippen LogP contribution in [0.4, 0.5) is 0 Å². The summed E-state index contributed by atoms with van der Waals surface area (Å²) in [5.41, 5.74) is 5.54. The zero-order valence-electron chi connectivity index (χ0n) is 48.4. The summed E-state index contributed by atoms with van der Waals surface area (Å²) in [7, 11) is 0. The average Bonchev–Trinajstić information content (AvgIpc) is 3.12. The van der Waals surface area contributed by atoms with E-state index in [1.807, 2.05) is 249 Å². The second-order valence-electron chi connectivity index (χ2n) is 21.3. The summed E-state index contributed by atoms with van der Waals surface area (Å²) in [5.74, 6) is -0.707. The third kappa shape index (κ3) is 14.5. The van der Waals surface area contributed by atoms with Crippen LogP contribution in [0.25, 0.3) is 104 Å². The summed E-state index contributed by atoms with van der Waals surface area (Å²) < 4.78 is 0. The Morgan fingerprint density at radius 2 is 0.422 bits per heavy atom. The van der Waals surface area contributed by atoms with Gasteiger partial charge in [0, 0.05) is 124 Å². The molecule has 0 saturated heterocycles. The van der Waals surface area contributed by atoms with Gasteiger partial charge in [-0.2, -0.15) is 0 Å². The van der Waals surface area contributed by atoms with Crippen LogP contribution in [0.15, 0.2) is 322 Å². The first-order valence-corrected chi connectivity index (χ1v) is 28.9. The monoisotopic (exact) mass is 1310 g/mol. The van der Waals surface area contributed by atoms with E-state index in [0.717, 1.165) is 86.4 Å². The number of benzene rings is 13. The molecule has 8 nitrogen and oxygen atoms in total. The number of allylic oxidation sites excluding steroid dienone is 3. The van der Waals surface area contributed by atoms with Crippen molar-refractivity contribution >= 4 is 121 Å². The van der Waals surface area contributed by atoms with Crippen molar-refractivity contribution in [3.05, 3.63) is 355 Å². The average molecular weight is 1310 g/mol. The second-order valence-corrected chi connectivity index (χ2v) is 21.3. The minimum absolute atomic E-state index is 0. The van der Waals surface area contributed by atoms with Gasteiger partial charge in [0.2, 0.25) is 0 Å². The first kappa shape index (κ1) is 61.1. The van der Waals surface area contributed by atoms with Gasteiger partial charge in [-0.05, 0) is 113 Å². The van der Waals surface area contributed by atoms with Crippen LogP contribution < -0.4 is 0 Å². The maximum atomic E-state index is 12.5. The fraction of sp³-hybridized carbons (Fsp3) is 0. The van der Waals surface area contributed by atoms with Crippen molar-refractivity contribution in [1.29, 1.82) is 0 Å². The van der Waals surface area contributed by atoms with Gasteiger partial charge < -0.3 is 15.3 Å². The summed E-state index contributed by atoms with van der Waals surface area (Å²) >= 11 is 0. The fourth-order valence-electron chi connectivity index (χ4n) is 10.6. The number of carbonyl (C=O) groups is 3. The normalized spacial score (nSPS) is 11.5. The zero-order chi connectivity index (χ0) is 61.1. The van der Waals surface area contributed by atoms with Crippen molar-refractivity contribution in [3.8, 4) is 0 Å². The third-order valence-electron chi connectivity index (χ3n) is 15.4. The zero-order valence-corrected chi connectivity index (χ0v) is 50.9. The van der Waals surface area contributed by atoms with Crippen LogP contribution in [-0.4, -0.2) is 42.6 Å². The molecule has 0 spiro atoms. The molecular weight excluding hydrogens is 1250 g/mol. The number of hydrogen-bond acceptors (Lipinski definition) is 8. The Kier molecular flexibility index (Phi) is 19.4. The number of pyridine rings is 2. The van der Waals surface area contributed by atoms with E-state index in [4.69, 9.17) is 0 Å². The Hall–Kier alpha value is -10.5. The van der Waals surface area contributed by atoms with Crippen LogP contribution in [0.2, 0.25) is 0 Å². The Morgan fingerprint density at radius 1 is 0.233 bits per heavy atom. The molecule has 0 aliphatic heterocycles. The van der Waals surface area contributed by atoms with Gasteiger partial charge in [0.25, 0.3) is 0 Å². The third-order valence-corrected chi connectivity index (χ3v) is 15.4. The number of hydrogen-bond donors (Lipinski definition) is 3. The van der Waals surface area contributed by atoms with E-state index in [1.54, 1.807) is 30.6 Å². The Morgan fingerprint density at radius 3 is 0.667 bits per heavy atom. The van der Waals surface area contributed by atoms with Gasteiger partial charge in [0.1, 0.15) is 17.3 Å². The molecule has 2 aromatic heterocycles. The van der Waals surface area contributed by atoms with Gasteiger partial charge in [0.15, 0.2) is 17.3 Å². The molecule has 0 aliphatic rings. The molecule has 0 amide bonds. The van der Waals surface area contributed by atoms with E-state index >= 15 is 0 Å². The number of aliphatic hydroxyl groups excluding tert-OH is 3. The molecular formula is C81H56EuN2O6. The molecule has 13 aromatic carbocycles.